The molecule has 0 aromatic heterocycles. The molecule has 1 rings (SSSR count). The highest BCUT2D eigenvalue weighted by Gasteiger charge is 2.16. The van der Waals surface area contributed by atoms with Crippen molar-refractivity contribution in [3.05, 3.63) is 0 Å². The zero-order chi connectivity index (χ0) is 5.82. The molecule has 0 aromatic rings. The molecule has 2 heteroatoms. The molecule has 1 fully saturated rings. The fraction of sp³-hybridized carbons (Fsp3) is 1.00. The molecule has 0 aliphatic heterocycles. The molecule has 0 spiro atoms. The zero-order valence-electron chi connectivity index (χ0n) is 4.93. The maximum absolute atomic E-state index is 9.85. The van der Waals surface area contributed by atoms with Crippen molar-refractivity contribution in [2.45, 2.75) is 25.4 Å². The number of hydrogen-bond donors (Lipinski definition) is 0. The molecule has 0 aromatic carbocycles. The van der Waals surface area contributed by atoms with Crippen molar-refractivity contribution in [3.8, 4) is 0 Å². The average Bonchev–Trinajstić information content (AvgIpc) is 1.63. The Kier molecular flexibility index (Phi) is 2.30. The van der Waals surface area contributed by atoms with E-state index in [0.717, 1.165) is 0 Å². The molecule has 1 radical (unpaired) electrons. The summed E-state index contributed by atoms with van der Waals surface area (Å²) < 4.78 is 5.11. The predicted molar refractivity (Wildman–Crippen MR) is 29.1 cm³/mol. The van der Waals surface area contributed by atoms with Crippen LogP contribution in [-0.2, 0) is 9.84 Å². The van der Waals surface area contributed by atoms with E-state index in [2.05, 4.69) is 0 Å². The van der Waals surface area contributed by atoms with E-state index in [9.17, 15) is 5.11 Å². The highest BCUT2D eigenvalue weighted by atomic mass is 16.5. The van der Waals surface area contributed by atoms with Crippen molar-refractivity contribution in [2.75, 3.05) is 13.2 Å². The van der Waals surface area contributed by atoms with Crippen molar-refractivity contribution in [3.63, 3.8) is 0 Å². The van der Waals surface area contributed by atoms with Gasteiger partial charge in [-0.2, -0.15) is 0 Å². The second-order valence-electron chi connectivity index (χ2n) is 2.13. The first-order valence-corrected chi connectivity index (χ1v) is 3.13. The van der Waals surface area contributed by atoms with Gasteiger partial charge in [-0.05, 0) is 19.3 Å². The van der Waals surface area contributed by atoms with Gasteiger partial charge in [0.15, 0.2) is 0 Å². The number of hydrogen-bond acceptors (Lipinski definition) is 1. The number of rotatable bonds is 3. The van der Waals surface area contributed by atoms with Gasteiger partial charge in [0, 0.05) is 0 Å². The van der Waals surface area contributed by atoms with E-state index < -0.39 is 0 Å². The number of ether oxygens (including phenoxy) is 1. The van der Waals surface area contributed by atoms with Crippen LogP contribution in [0.15, 0.2) is 0 Å². The van der Waals surface area contributed by atoms with Gasteiger partial charge in [-0.1, -0.05) is 0 Å². The average molecular weight is 115 g/mol. The van der Waals surface area contributed by atoms with Crippen LogP contribution in [0, 0.1) is 0 Å². The normalized spacial score (nSPS) is 20.6. The molecule has 1 aliphatic carbocycles. The Bertz CT molecular complexity index is 59.5. The maximum atomic E-state index is 9.85. The molecule has 0 N–H and O–H groups in total. The molecule has 47 valence electrons. The van der Waals surface area contributed by atoms with E-state index in [1.807, 2.05) is 0 Å². The van der Waals surface area contributed by atoms with E-state index in [0.29, 0.717) is 12.7 Å². The Morgan fingerprint density at radius 3 is 2.62 bits per heavy atom. The molecule has 0 heterocycles. The van der Waals surface area contributed by atoms with Crippen LogP contribution in [0.1, 0.15) is 19.3 Å². The quantitative estimate of drug-likeness (QED) is 0.539. The summed E-state index contributed by atoms with van der Waals surface area (Å²) in [5.74, 6) is 0. The summed E-state index contributed by atoms with van der Waals surface area (Å²) in [6.45, 7) is 0.321. The first-order valence-electron chi connectivity index (χ1n) is 3.13. The maximum Gasteiger partial charge on any atom is 0.106 e. The SMILES string of the molecule is [O]CCOC1CCC1. The Morgan fingerprint density at radius 2 is 2.25 bits per heavy atom. The van der Waals surface area contributed by atoms with Gasteiger partial charge >= 0.3 is 0 Å². The van der Waals surface area contributed by atoms with Crippen molar-refractivity contribution in [1.29, 1.82) is 0 Å². The molecule has 2 nitrogen and oxygen atoms in total. The lowest BCUT2D eigenvalue weighted by atomic mass is 9.96. The van der Waals surface area contributed by atoms with Gasteiger partial charge in [-0.15, -0.1) is 0 Å². The Hall–Kier alpha value is -0.0800. The van der Waals surface area contributed by atoms with Crippen molar-refractivity contribution in [2.24, 2.45) is 0 Å². The largest absolute Gasteiger partial charge is 0.376 e. The Morgan fingerprint density at radius 1 is 1.50 bits per heavy atom. The molecular weight excluding hydrogens is 104 g/mol. The monoisotopic (exact) mass is 115 g/mol. The summed E-state index contributed by atoms with van der Waals surface area (Å²) in [6.07, 6.45) is 4.05. The highest BCUT2D eigenvalue weighted by Crippen LogP contribution is 2.21. The summed E-state index contributed by atoms with van der Waals surface area (Å²) in [7, 11) is 0. The van der Waals surface area contributed by atoms with Crippen LogP contribution in [0.3, 0.4) is 0 Å². The third kappa shape index (κ3) is 1.46. The van der Waals surface area contributed by atoms with Gasteiger partial charge in [0.1, 0.15) is 6.61 Å². The second-order valence-corrected chi connectivity index (χ2v) is 2.13. The summed E-state index contributed by atoms with van der Waals surface area (Å²) in [6, 6.07) is 0. The second kappa shape index (κ2) is 3.05. The summed E-state index contributed by atoms with van der Waals surface area (Å²) in [5.41, 5.74) is 0. The molecular formula is C6H11O2. The molecule has 0 saturated heterocycles. The fourth-order valence-electron chi connectivity index (χ4n) is 0.752. The van der Waals surface area contributed by atoms with Gasteiger partial charge in [0.2, 0.25) is 0 Å². The predicted octanol–water partition coefficient (Wildman–Crippen LogP) is 0.986. The zero-order valence-corrected chi connectivity index (χ0v) is 4.93. The van der Waals surface area contributed by atoms with Crippen molar-refractivity contribution < 1.29 is 9.84 Å². The van der Waals surface area contributed by atoms with Gasteiger partial charge < -0.3 is 4.74 Å². The smallest absolute Gasteiger partial charge is 0.106 e. The van der Waals surface area contributed by atoms with Crippen LogP contribution in [0.25, 0.3) is 0 Å². The van der Waals surface area contributed by atoms with Crippen LogP contribution in [0.4, 0.5) is 0 Å². The van der Waals surface area contributed by atoms with Gasteiger partial charge in [-0.3, -0.25) is 0 Å². The minimum atomic E-state index is -0.0868. The highest BCUT2D eigenvalue weighted by molar-refractivity contribution is 4.68. The van der Waals surface area contributed by atoms with E-state index in [1.54, 1.807) is 0 Å². The Labute approximate surface area is 49.5 Å². The van der Waals surface area contributed by atoms with Crippen LogP contribution in [0.2, 0.25) is 0 Å². The molecule has 0 unspecified atom stereocenters. The van der Waals surface area contributed by atoms with Crippen LogP contribution >= 0.6 is 0 Å². The summed E-state index contributed by atoms with van der Waals surface area (Å²) >= 11 is 0. The third-order valence-electron chi connectivity index (χ3n) is 1.49. The lowest BCUT2D eigenvalue weighted by Gasteiger charge is -2.24. The molecule has 1 saturated carbocycles. The minimum Gasteiger partial charge on any atom is -0.376 e. The topological polar surface area (TPSA) is 29.1 Å². The fourth-order valence-corrected chi connectivity index (χ4v) is 0.752. The van der Waals surface area contributed by atoms with E-state index in [4.69, 9.17) is 4.74 Å². The van der Waals surface area contributed by atoms with Gasteiger partial charge in [0.25, 0.3) is 0 Å². The van der Waals surface area contributed by atoms with Crippen LogP contribution in [0.5, 0.6) is 0 Å². The van der Waals surface area contributed by atoms with Crippen LogP contribution in [-0.4, -0.2) is 19.3 Å². The van der Waals surface area contributed by atoms with Crippen LogP contribution < -0.4 is 0 Å². The molecule has 1 aliphatic rings. The first-order chi connectivity index (χ1) is 3.93. The van der Waals surface area contributed by atoms with Crippen molar-refractivity contribution in [1.82, 2.24) is 0 Å². The minimum absolute atomic E-state index is 0.0868. The molecule has 0 amide bonds. The third-order valence-corrected chi connectivity index (χ3v) is 1.49. The standard InChI is InChI=1S/C6H11O2/c7-4-5-8-6-2-1-3-6/h6H,1-5H2. The summed E-state index contributed by atoms with van der Waals surface area (Å²) in [5, 5.41) is 9.85. The Balaban J connectivity index is 1.86. The molecule has 0 bridgehead atoms. The summed E-state index contributed by atoms with van der Waals surface area (Å²) in [4.78, 5) is 0. The van der Waals surface area contributed by atoms with Gasteiger partial charge in [-0.25, -0.2) is 5.11 Å². The molecule has 0 atom stereocenters. The lowest BCUT2D eigenvalue weighted by Crippen LogP contribution is -2.22. The first kappa shape index (κ1) is 6.05. The lowest BCUT2D eigenvalue weighted by molar-refractivity contribution is -0.0247. The van der Waals surface area contributed by atoms with Gasteiger partial charge in [0.05, 0.1) is 12.7 Å². The van der Waals surface area contributed by atoms with E-state index >= 15 is 0 Å². The van der Waals surface area contributed by atoms with E-state index in [-0.39, 0.29) is 6.61 Å². The van der Waals surface area contributed by atoms with Crippen molar-refractivity contribution >= 4 is 0 Å². The van der Waals surface area contributed by atoms with E-state index in [1.165, 1.54) is 19.3 Å². The molecule has 8 heavy (non-hydrogen) atoms.